The highest BCUT2D eigenvalue weighted by Gasteiger charge is 2.12. The molecule has 0 radical (unpaired) electrons. The fourth-order valence-corrected chi connectivity index (χ4v) is 3.05. The molecule has 1 heterocycles. The topological polar surface area (TPSA) is 68.0 Å². The second-order valence-electron chi connectivity index (χ2n) is 7.28. The summed E-state index contributed by atoms with van der Waals surface area (Å²) < 4.78 is 5.37. The number of hydrogen-bond acceptors (Lipinski definition) is 4. The van der Waals surface area contributed by atoms with E-state index in [0.717, 1.165) is 36.8 Å². The summed E-state index contributed by atoms with van der Waals surface area (Å²) in [6.07, 6.45) is 8.91. The van der Waals surface area contributed by atoms with Crippen molar-refractivity contribution in [2.45, 2.75) is 78.7 Å². The molecule has 1 atom stereocenters. The summed E-state index contributed by atoms with van der Waals surface area (Å²) >= 11 is 0. The van der Waals surface area contributed by atoms with Crippen LogP contribution in [0.1, 0.15) is 77.2 Å². The zero-order valence-electron chi connectivity index (χ0n) is 17.0. The molecule has 0 saturated carbocycles. The lowest BCUT2D eigenvalue weighted by molar-refractivity contribution is -0.124. The summed E-state index contributed by atoms with van der Waals surface area (Å²) in [7, 11) is 0. The molecule has 0 aliphatic carbocycles. The van der Waals surface area contributed by atoms with Crippen LogP contribution in [0.4, 0.5) is 0 Å². The van der Waals surface area contributed by atoms with E-state index in [1.54, 1.807) is 0 Å². The molecule has 0 saturated heterocycles. The van der Waals surface area contributed by atoms with Gasteiger partial charge in [0.2, 0.25) is 17.6 Å². The first-order valence-corrected chi connectivity index (χ1v) is 10.3. The fraction of sp³-hybridized carbons (Fsp3) is 0.591. The summed E-state index contributed by atoms with van der Waals surface area (Å²) in [4.78, 5) is 16.5. The van der Waals surface area contributed by atoms with Gasteiger partial charge >= 0.3 is 0 Å². The predicted molar refractivity (Wildman–Crippen MR) is 108 cm³/mol. The van der Waals surface area contributed by atoms with Crippen LogP contribution in [-0.4, -0.2) is 16.0 Å². The van der Waals surface area contributed by atoms with Crippen molar-refractivity contribution in [1.29, 1.82) is 0 Å². The molecule has 148 valence electrons. The predicted octanol–water partition coefficient (Wildman–Crippen LogP) is 5.30. The Labute approximate surface area is 162 Å². The van der Waals surface area contributed by atoms with Crippen LogP contribution in [0.3, 0.4) is 0 Å². The number of nitrogens with one attached hydrogen (secondary N) is 1. The number of nitrogens with zero attached hydrogens (tertiary/aromatic N) is 2. The third-order valence-electron chi connectivity index (χ3n) is 4.81. The molecular formula is C22H33N3O2. The molecule has 1 N–H and O–H groups in total. The van der Waals surface area contributed by atoms with Crippen LogP contribution in [0, 0.1) is 5.92 Å². The largest absolute Gasteiger partial charge is 0.352 e. The van der Waals surface area contributed by atoms with Gasteiger partial charge in [-0.15, -0.1) is 0 Å². The standard InChI is InChI=1S/C22H33N3O2/c1-4-6-7-8-9-11-20-24-21(25-27-20)19-14-12-18(13-15-19)16-23-22(26)17(3)10-5-2/h12-15,17H,4-11,16H2,1-3H3,(H,23,26)/t17-/m0/s1. The van der Waals surface area contributed by atoms with Crippen molar-refractivity contribution in [3.05, 3.63) is 35.7 Å². The van der Waals surface area contributed by atoms with Crippen LogP contribution in [0.25, 0.3) is 11.4 Å². The van der Waals surface area contributed by atoms with Crippen LogP contribution < -0.4 is 5.32 Å². The number of carbonyl (C=O) groups is 1. The number of rotatable bonds is 12. The van der Waals surface area contributed by atoms with E-state index in [9.17, 15) is 4.79 Å². The summed E-state index contributed by atoms with van der Waals surface area (Å²) in [6.45, 7) is 6.83. The Balaban J connectivity index is 1.82. The van der Waals surface area contributed by atoms with Gasteiger partial charge in [-0.1, -0.05) is 82.3 Å². The van der Waals surface area contributed by atoms with Crippen LogP contribution in [0.2, 0.25) is 0 Å². The van der Waals surface area contributed by atoms with Crippen LogP contribution in [0.15, 0.2) is 28.8 Å². The molecule has 27 heavy (non-hydrogen) atoms. The SMILES string of the molecule is CCCCCCCc1nc(-c2ccc(CNC(=O)[C@@H](C)CCC)cc2)no1. The van der Waals surface area contributed by atoms with Crippen LogP contribution in [-0.2, 0) is 17.8 Å². The Morgan fingerprint density at radius 2 is 1.81 bits per heavy atom. The van der Waals surface area contributed by atoms with Crippen molar-refractivity contribution in [1.82, 2.24) is 15.5 Å². The Morgan fingerprint density at radius 1 is 1.07 bits per heavy atom. The highest BCUT2D eigenvalue weighted by atomic mass is 16.5. The summed E-state index contributed by atoms with van der Waals surface area (Å²) in [5.41, 5.74) is 2.00. The van der Waals surface area contributed by atoms with Gasteiger partial charge in [-0.2, -0.15) is 4.98 Å². The minimum absolute atomic E-state index is 0.0639. The maximum atomic E-state index is 12.0. The Hall–Kier alpha value is -2.17. The molecule has 2 aromatic rings. The van der Waals surface area contributed by atoms with E-state index in [2.05, 4.69) is 29.3 Å². The first-order valence-electron chi connectivity index (χ1n) is 10.3. The average molecular weight is 372 g/mol. The summed E-state index contributed by atoms with van der Waals surface area (Å²) in [5, 5.41) is 7.09. The molecular weight excluding hydrogens is 338 g/mol. The third-order valence-corrected chi connectivity index (χ3v) is 4.81. The van der Waals surface area contributed by atoms with Gasteiger partial charge in [-0.3, -0.25) is 4.79 Å². The molecule has 5 nitrogen and oxygen atoms in total. The maximum absolute atomic E-state index is 12.0. The van der Waals surface area contributed by atoms with E-state index in [1.165, 1.54) is 25.7 Å². The van der Waals surface area contributed by atoms with Crippen LogP contribution >= 0.6 is 0 Å². The number of carbonyl (C=O) groups excluding carboxylic acids is 1. The molecule has 1 amide bonds. The number of unbranched alkanes of at least 4 members (excludes halogenated alkanes) is 4. The second kappa shape index (κ2) is 11.5. The maximum Gasteiger partial charge on any atom is 0.226 e. The number of hydrogen-bond donors (Lipinski definition) is 1. The van der Waals surface area contributed by atoms with Crippen molar-refractivity contribution < 1.29 is 9.32 Å². The minimum Gasteiger partial charge on any atom is -0.352 e. The molecule has 0 fully saturated rings. The minimum atomic E-state index is 0.0639. The van der Waals surface area contributed by atoms with Gasteiger partial charge in [0, 0.05) is 24.4 Å². The molecule has 5 heteroatoms. The van der Waals surface area contributed by atoms with Gasteiger partial charge in [0.25, 0.3) is 0 Å². The van der Waals surface area contributed by atoms with E-state index in [0.29, 0.717) is 18.3 Å². The van der Waals surface area contributed by atoms with Gasteiger partial charge in [-0.05, 0) is 18.4 Å². The lowest BCUT2D eigenvalue weighted by Crippen LogP contribution is -2.28. The quantitative estimate of drug-likeness (QED) is 0.514. The number of amides is 1. The monoisotopic (exact) mass is 371 g/mol. The van der Waals surface area contributed by atoms with Crippen molar-refractivity contribution in [2.24, 2.45) is 5.92 Å². The smallest absolute Gasteiger partial charge is 0.226 e. The summed E-state index contributed by atoms with van der Waals surface area (Å²) in [5.74, 6) is 1.52. The molecule has 1 aromatic heterocycles. The number of aromatic nitrogens is 2. The van der Waals surface area contributed by atoms with Gasteiger partial charge < -0.3 is 9.84 Å². The lowest BCUT2D eigenvalue weighted by atomic mass is 10.1. The van der Waals surface area contributed by atoms with Gasteiger partial charge in [0.15, 0.2) is 0 Å². The van der Waals surface area contributed by atoms with Crippen LogP contribution in [0.5, 0.6) is 0 Å². The van der Waals surface area contributed by atoms with Crippen molar-refractivity contribution in [3.8, 4) is 11.4 Å². The zero-order valence-corrected chi connectivity index (χ0v) is 17.0. The van der Waals surface area contributed by atoms with Crippen molar-refractivity contribution >= 4 is 5.91 Å². The highest BCUT2D eigenvalue weighted by Crippen LogP contribution is 2.18. The first kappa shape index (κ1) is 21.1. The average Bonchev–Trinajstić information content (AvgIpc) is 3.15. The normalized spacial score (nSPS) is 12.1. The first-order chi connectivity index (χ1) is 13.1. The van der Waals surface area contributed by atoms with E-state index >= 15 is 0 Å². The van der Waals surface area contributed by atoms with E-state index < -0.39 is 0 Å². The third kappa shape index (κ3) is 7.16. The molecule has 0 spiro atoms. The van der Waals surface area contributed by atoms with Gasteiger partial charge in [0.1, 0.15) is 0 Å². The van der Waals surface area contributed by atoms with Crippen molar-refractivity contribution in [2.75, 3.05) is 0 Å². The molecule has 0 unspecified atom stereocenters. The van der Waals surface area contributed by atoms with E-state index in [-0.39, 0.29) is 11.8 Å². The molecule has 1 aromatic carbocycles. The molecule has 2 rings (SSSR count). The highest BCUT2D eigenvalue weighted by molar-refractivity contribution is 5.78. The van der Waals surface area contributed by atoms with Gasteiger partial charge in [-0.25, -0.2) is 0 Å². The Kier molecular flexibility index (Phi) is 9.02. The van der Waals surface area contributed by atoms with Crippen molar-refractivity contribution in [3.63, 3.8) is 0 Å². The van der Waals surface area contributed by atoms with E-state index in [4.69, 9.17) is 4.52 Å². The number of benzene rings is 1. The van der Waals surface area contributed by atoms with E-state index in [1.807, 2.05) is 31.2 Å². The summed E-state index contributed by atoms with van der Waals surface area (Å²) in [6, 6.07) is 7.96. The second-order valence-corrected chi connectivity index (χ2v) is 7.28. The Morgan fingerprint density at radius 3 is 2.52 bits per heavy atom. The molecule has 0 aliphatic rings. The van der Waals surface area contributed by atoms with Gasteiger partial charge in [0.05, 0.1) is 0 Å². The zero-order chi connectivity index (χ0) is 19.5. The fourth-order valence-electron chi connectivity index (χ4n) is 3.05. The lowest BCUT2D eigenvalue weighted by Gasteiger charge is -2.11. The molecule has 0 bridgehead atoms. The molecule has 0 aliphatic heterocycles. The Bertz CT molecular complexity index is 679. The number of aryl methyl sites for hydroxylation is 1.